The Labute approximate surface area is 162 Å². The van der Waals surface area contributed by atoms with Crippen molar-refractivity contribution >= 4 is 11.8 Å². The zero-order valence-electron chi connectivity index (χ0n) is 13.4. The van der Waals surface area contributed by atoms with Gasteiger partial charge in [0.2, 0.25) is 11.8 Å². The smallest absolute Gasteiger partial charge is 0.223 e. The number of hydrogen-bond acceptors (Lipinski definition) is 5. The van der Waals surface area contributed by atoms with Crippen molar-refractivity contribution in [1.29, 1.82) is 0 Å². The summed E-state index contributed by atoms with van der Waals surface area (Å²) in [5.74, 6) is -0.787. The van der Waals surface area contributed by atoms with Gasteiger partial charge < -0.3 is 25.2 Å². The molecule has 0 fully saturated rings. The van der Waals surface area contributed by atoms with Gasteiger partial charge in [-0.15, -0.1) is 0 Å². The Morgan fingerprint density at radius 2 is 1.71 bits per heavy atom. The third kappa shape index (κ3) is 10.6. The molecule has 0 saturated carbocycles. The van der Waals surface area contributed by atoms with E-state index in [0.717, 1.165) is 0 Å². The monoisotopic (exact) mass is 517 g/mol. The van der Waals surface area contributed by atoms with Crippen LogP contribution >= 0.6 is 0 Å². The van der Waals surface area contributed by atoms with Crippen LogP contribution in [0.2, 0.25) is 0 Å². The average Bonchev–Trinajstić information content (AvgIpc) is 2.38. The van der Waals surface area contributed by atoms with Crippen molar-refractivity contribution in [1.82, 2.24) is 10.6 Å². The molecule has 0 bridgehead atoms. The minimum atomic E-state index is -0.778. The zero-order valence-corrected chi connectivity index (χ0v) is 18.1. The Morgan fingerprint density at radius 1 is 1.19 bits per heavy atom. The number of carbonyl (C=O) groups excluding carboxylic acids is 2. The fourth-order valence-corrected chi connectivity index (χ4v) is 1.71. The quantitative estimate of drug-likeness (QED) is 0.363. The molecule has 0 aliphatic heterocycles. The average molecular weight is 517 g/mol. The van der Waals surface area contributed by atoms with Crippen LogP contribution in [0.15, 0.2) is 0 Å². The summed E-state index contributed by atoms with van der Waals surface area (Å²) in [6.07, 6.45) is -1.01. The molecule has 0 heterocycles. The van der Waals surface area contributed by atoms with Crippen LogP contribution in [-0.4, -0.2) is 56.1 Å². The standard InChI is InChI=1S/C13H26N2O5.Ac/c1-8(6-11(17)9(2)15-10(3)16)13(18)14-7-12(19-4)20-5;/h8-9,11-12,17H,6-7H2,1-5H3,(H,14,18)(H,15,16);. The van der Waals surface area contributed by atoms with E-state index in [9.17, 15) is 14.7 Å². The van der Waals surface area contributed by atoms with Gasteiger partial charge in [0.05, 0.1) is 18.7 Å². The number of rotatable bonds is 9. The normalized spacial score (nSPS) is 14.8. The molecule has 0 aromatic heterocycles. The summed E-state index contributed by atoms with van der Waals surface area (Å²) in [6.45, 7) is 5.04. The van der Waals surface area contributed by atoms with Crippen LogP contribution in [-0.2, 0) is 19.1 Å². The minimum absolute atomic E-state index is 0. The van der Waals surface area contributed by atoms with Crippen LogP contribution in [0, 0.1) is 50.0 Å². The molecule has 3 N–H and O–H groups in total. The molecule has 3 unspecified atom stereocenters. The Bertz CT molecular complexity index is 313. The predicted octanol–water partition coefficient (Wildman–Crippen LogP) is -0.367. The molecular weight excluding hydrogens is 491 g/mol. The maximum absolute atomic E-state index is 11.8. The second kappa shape index (κ2) is 12.8. The molecule has 7 nitrogen and oxygen atoms in total. The predicted molar refractivity (Wildman–Crippen MR) is 73.9 cm³/mol. The van der Waals surface area contributed by atoms with Crippen molar-refractivity contribution in [2.24, 2.45) is 5.92 Å². The number of methoxy groups -OCH3 is 2. The van der Waals surface area contributed by atoms with Gasteiger partial charge in [0.25, 0.3) is 0 Å². The van der Waals surface area contributed by atoms with Crippen LogP contribution in [0.1, 0.15) is 27.2 Å². The summed E-state index contributed by atoms with van der Waals surface area (Å²) in [5, 5.41) is 15.2. The van der Waals surface area contributed by atoms with Gasteiger partial charge in [0.15, 0.2) is 6.29 Å². The molecule has 0 aromatic carbocycles. The van der Waals surface area contributed by atoms with Crippen molar-refractivity contribution in [3.05, 3.63) is 0 Å². The van der Waals surface area contributed by atoms with Gasteiger partial charge in [-0.2, -0.15) is 0 Å². The maximum Gasteiger partial charge on any atom is 0.223 e. The summed E-state index contributed by atoms with van der Waals surface area (Å²) >= 11 is 0. The third-order valence-electron chi connectivity index (χ3n) is 3.02. The van der Waals surface area contributed by atoms with E-state index in [2.05, 4.69) is 10.6 Å². The van der Waals surface area contributed by atoms with E-state index in [1.807, 2.05) is 0 Å². The Hall–Kier alpha value is 0.262. The first-order valence-electron chi connectivity index (χ1n) is 6.60. The van der Waals surface area contributed by atoms with Gasteiger partial charge in [-0.1, -0.05) is 6.92 Å². The summed E-state index contributed by atoms with van der Waals surface area (Å²) < 4.78 is 9.92. The number of aliphatic hydroxyl groups is 1. The summed E-state index contributed by atoms with van der Waals surface area (Å²) in [6, 6.07) is -0.395. The van der Waals surface area contributed by atoms with E-state index in [4.69, 9.17) is 9.47 Å². The molecule has 0 aromatic rings. The first-order chi connectivity index (χ1) is 9.31. The van der Waals surface area contributed by atoms with Crippen LogP contribution < -0.4 is 10.6 Å². The molecule has 0 rings (SSSR count). The van der Waals surface area contributed by atoms with Gasteiger partial charge in [-0.3, -0.25) is 9.59 Å². The van der Waals surface area contributed by atoms with Crippen LogP contribution in [0.4, 0.5) is 0 Å². The first-order valence-corrected chi connectivity index (χ1v) is 6.60. The summed E-state index contributed by atoms with van der Waals surface area (Å²) in [4.78, 5) is 22.7. The number of nitrogens with one attached hydrogen (secondary N) is 2. The van der Waals surface area contributed by atoms with E-state index in [1.54, 1.807) is 13.8 Å². The van der Waals surface area contributed by atoms with E-state index in [0.29, 0.717) is 0 Å². The molecule has 21 heavy (non-hydrogen) atoms. The maximum atomic E-state index is 11.8. The number of carbonyl (C=O) groups is 2. The van der Waals surface area contributed by atoms with Crippen LogP contribution in [0.5, 0.6) is 0 Å². The SMILES string of the molecule is COC(CNC(=O)C(C)CC(O)C(C)NC(C)=O)OC.[Ac]. The molecule has 1 radical (unpaired) electrons. The van der Waals surface area contributed by atoms with E-state index >= 15 is 0 Å². The molecule has 2 amide bonds. The third-order valence-corrected chi connectivity index (χ3v) is 3.02. The molecular formula is C13H26AcN2O5. The summed E-state index contributed by atoms with van der Waals surface area (Å²) in [5.41, 5.74) is 0. The van der Waals surface area contributed by atoms with E-state index in [1.165, 1.54) is 21.1 Å². The van der Waals surface area contributed by atoms with Crippen LogP contribution in [0.3, 0.4) is 0 Å². The van der Waals surface area contributed by atoms with Gasteiger partial charge >= 0.3 is 0 Å². The van der Waals surface area contributed by atoms with Gasteiger partial charge in [-0.25, -0.2) is 0 Å². The van der Waals surface area contributed by atoms with E-state index in [-0.39, 0.29) is 74.8 Å². The fraction of sp³-hybridized carbons (Fsp3) is 0.846. The second-order valence-electron chi connectivity index (χ2n) is 4.84. The van der Waals surface area contributed by atoms with Crippen molar-refractivity contribution in [2.45, 2.75) is 45.6 Å². The van der Waals surface area contributed by atoms with Gasteiger partial charge in [-0.05, 0) is 13.3 Å². The molecule has 0 aliphatic rings. The Balaban J connectivity index is 0. The number of aliphatic hydroxyl groups excluding tert-OH is 1. The largest absolute Gasteiger partial charge is 0.391 e. The van der Waals surface area contributed by atoms with Crippen molar-refractivity contribution in [2.75, 3.05) is 20.8 Å². The second-order valence-corrected chi connectivity index (χ2v) is 4.84. The molecule has 121 valence electrons. The van der Waals surface area contributed by atoms with E-state index < -0.39 is 18.4 Å². The molecule has 0 spiro atoms. The Kier molecular flexibility index (Phi) is 14.3. The molecule has 3 atom stereocenters. The zero-order chi connectivity index (χ0) is 15.7. The number of amides is 2. The van der Waals surface area contributed by atoms with Crippen LogP contribution in [0.25, 0.3) is 0 Å². The molecule has 8 heteroatoms. The Morgan fingerprint density at radius 3 is 2.14 bits per heavy atom. The number of ether oxygens (including phenoxy) is 2. The van der Waals surface area contributed by atoms with Crippen molar-refractivity contribution in [3.8, 4) is 0 Å². The number of hydrogen-bond donors (Lipinski definition) is 3. The summed E-state index contributed by atoms with van der Waals surface area (Å²) in [7, 11) is 2.98. The molecule has 0 saturated heterocycles. The topological polar surface area (TPSA) is 96.9 Å². The fourth-order valence-electron chi connectivity index (χ4n) is 1.71. The van der Waals surface area contributed by atoms with Crippen molar-refractivity contribution < 1.29 is 68.2 Å². The molecule has 0 aliphatic carbocycles. The minimum Gasteiger partial charge on any atom is -0.391 e. The first kappa shape index (κ1) is 23.5. The van der Waals surface area contributed by atoms with Crippen molar-refractivity contribution in [3.63, 3.8) is 0 Å². The van der Waals surface area contributed by atoms with Gasteiger partial charge in [0.1, 0.15) is 0 Å². The van der Waals surface area contributed by atoms with Gasteiger partial charge in [0, 0.05) is 71.1 Å².